The number of imidazole rings is 1. The topological polar surface area (TPSA) is 80.5 Å². The number of carbonyl (C=O) groups excluding carboxylic acids is 1. The fourth-order valence-electron chi connectivity index (χ4n) is 4.03. The van der Waals surface area contributed by atoms with Gasteiger partial charge in [-0.1, -0.05) is 26.0 Å². The summed E-state index contributed by atoms with van der Waals surface area (Å²) in [6.45, 7) is 9.16. The van der Waals surface area contributed by atoms with E-state index in [4.69, 9.17) is 14.7 Å². The summed E-state index contributed by atoms with van der Waals surface area (Å²) in [6, 6.07) is 16.1. The minimum Gasteiger partial charge on any atom is -0.491 e. The van der Waals surface area contributed by atoms with Crippen LogP contribution in [-0.2, 0) is 0 Å². The summed E-state index contributed by atoms with van der Waals surface area (Å²) in [7, 11) is 0. The van der Waals surface area contributed by atoms with Crippen LogP contribution in [0.3, 0.4) is 0 Å². The van der Waals surface area contributed by atoms with E-state index < -0.39 is 0 Å². The minimum absolute atomic E-state index is 0.0151. The van der Waals surface area contributed by atoms with Gasteiger partial charge in [0.05, 0.1) is 23.7 Å². The molecule has 186 valence electrons. The number of benzene rings is 2. The third-order valence-corrected chi connectivity index (χ3v) is 6.05. The van der Waals surface area contributed by atoms with Gasteiger partial charge in [0.25, 0.3) is 5.91 Å². The molecule has 7 heteroatoms. The zero-order chi connectivity index (χ0) is 25.2. The Bertz CT molecular complexity index is 1350. The third-order valence-electron chi connectivity index (χ3n) is 6.05. The molecule has 2 N–H and O–H groups in total. The lowest BCUT2D eigenvalue weighted by Gasteiger charge is -2.13. The lowest BCUT2D eigenvalue weighted by molar-refractivity contribution is 0.0951. The van der Waals surface area contributed by atoms with Crippen molar-refractivity contribution in [1.29, 1.82) is 0 Å². The fraction of sp³-hybridized carbons (Fsp3) is 0.345. The molecule has 2 heterocycles. The Morgan fingerprint density at radius 2 is 1.72 bits per heavy atom. The summed E-state index contributed by atoms with van der Waals surface area (Å²) in [6.07, 6.45) is 6.15. The van der Waals surface area contributed by atoms with Gasteiger partial charge in [0, 0.05) is 35.5 Å². The molecule has 0 atom stereocenters. The molecule has 1 amide bonds. The van der Waals surface area contributed by atoms with E-state index in [1.165, 1.54) is 0 Å². The van der Waals surface area contributed by atoms with Gasteiger partial charge in [0.2, 0.25) is 0 Å². The number of hydrogen-bond acceptors (Lipinski definition) is 5. The average Bonchev–Trinajstić information content (AvgIpc) is 3.57. The summed E-state index contributed by atoms with van der Waals surface area (Å²) in [4.78, 5) is 22.0. The Kier molecular flexibility index (Phi) is 6.63. The monoisotopic (exact) mass is 483 g/mol. The first-order valence-corrected chi connectivity index (χ1v) is 12.7. The molecule has 36 heavy (non-hydrogen) atoms. The molecule has 1 fully saturated rings. The van der Waals surface area contributed by atoms with E-state index in [0.717, 1.165) is 59.1 Å². The molecule has 0 bridgehead atoms. The predicted octanol–water partition coefficient (Wildman–Crippen LogP) is 5.81. The fourth-order valence-corrected chi connectivity index (χ4v) is 4.03. The van der Waals surface area contributed by atoms with Gasteiger partial charge in [-0.3, -0.25) is 9.20 Å². The van der Waals surface area contributed by atoms with Crippen LogP contribution < -0.4 is 15.4 Å². The Morgan fingerprint density at radius 1 is 1.03 bits per heavy atom. The Labute approximate surface area is 211 Å². The van der Waals surface area contributed by atoms with Crippen LogP contribution in [0.4, 0.5) is 5.82 Å². The van der Waals surface area contributed by atoms with Gasteiger partial charge in [-0.25, -0.2) is 9.97 Å². The average molecular weight is 484 g/mol. The maximum Gasteiger partial charge on any atom is 0.251 e. The molecular weight excluding hydrogens is 450 g/mol. The molecule has 0 unspecified atom stereocenters. The van der Waals surface area contributed by atoms with Crippen LogP contribution in [-0.4, -0.2) is 39.0 Å². The highest BCUT2D eigenvalue weighted by Gasteiger charge is 2.23. The Balaban J connectivity index is 1.51. The van der Waals surface area contributed by atoms with Crippen molar-refractivity contribution in [2.24, 2.45) is 5.92 Å². The predicted molar refractivity (Wildman–Crippen MR) is 143 cm³/mol. The number of nitrogens with zero attached hydrogens (tertiary/aromatic N) is 3. The van der Waals surface area contributed by atoms with E-state index in [-0.39, 0.29) is 12.0 Å². The van der Waals surface area contributed by atoms with Crippen LogP contribution in [0.1, 0.15) is 50.9 Å². The number of hydrogen-bond donors (Lipinski definition) is 2. The Hall–Kier alpha value is -3.87. The first kappa shape index (κ1) is 23.9. The molecule has 0 spiro atoms. The van der Waals surface area contributed by atoms with E-state index in [2.05, 4.69) is 28.9 Å². The van der Waals surface area contributed by atoms with Crippen LogP contribution >= 0.6 is 0 Å². The number of fused-ring (bicyclic) bond motifs is 1. The van der Waals surface area contributed by atoms with Crippen molar-refractivity contribution in [2.45, 2.75) is 52.7 Å². The van der Waals surface area contributed by atoms with Crippen molar-refractivity contribution in [3.05, 3.63) is 66.5 Å². The molecule has 7 nitrogen and oxygen atoms in total. The number of aromatic nitrogens is 3. The largest absolute Gasteiger partial charge is 0.491 e. The summed E-state index contributed by atoms with van der Waals surface area (Å²) < 4.78 is 7.88. The second-order valence-electron chi connectivity index (χ2n) is 10.1. The lowest BCUT2D eigenvalue weighted by Crippen LogP contribution is -2.25. The molecular formula is C29H33N5O2. The quantitative estimate of drug-likeness (QED) is 0.314. The zero-order valence-electron chi connectivity index (χ0n) is 21.3. The maximum absolute atomic E-state index is 12.4. The number of ether oxygens (including phenoxy) is 1. The van der Waals surface area contributed by atoms with Crippen molar-refractivity contribution in [2.75, 3.05) is 11.9 Å². The van der Waals surface area contributed by atoms with Gasteiger partial charge in [-0.2, -0.15) is 0 Å². The number of carbonyl (C=O) groups is 1. The van der Waals surface area contributed by atoms with Crippen LogP contribution in [0.2, 0.25) is 0 Å². The molecule has 0 aliphatic heterocycles. The second-order valence-corrected chi connectivity index (χ2v) is 10.1. The van der Waals surface area contributed by atoms with Crippen LogP contribution in [0.15, 0.2) is 60.9 Å². The van der Waals surface area contributed by atoms with E-state index in [1.807, 2.05) is 74.8 Å². The highest BCUT2D eigenvalue weighted by molar-refractivity contribution is 5.95. The Morgan fingerprint density at radius 3 is 2.36 bits per heavy atom. The molecule has 5 rings (SSSR count). The van der Waals surface area contributed by atoms with Gasteiger partial charge in [-0.15, -0.1) is 0 Å². The van der Waals surface area contributed by atoms with Crippen molar-refractivity contribution in [3.63, 3.8) is 0 Å². The summed E-state index contributed by atoms with van der Waals surface area (Å²) >= 11 is 0. The van der Waals surface area contributed by atoms with Crippen molar-refractivity contribution in [1.82, 2.24) is 19.7 Å². The highest BCUT2D eigenvalue weighted by Crippen LogP contribution is 2.29. The van der Waals surface area contributed by atoms with Gasteiger partial charge in [0.1, 0.15) is 5.75 Å². The van der Waals surface area contributed by atoms with Crippen LogP contribution in [0, 0.1) is 5.92 Å². The van der Waals surface area contributed by atoms with Gasteiger partial charge in [-0.05, 0) is 69.0 Å². The van der Waals surface area contributed by atoms with Gasteiger partial charge < -0.3 is 15.4 Å². The number of anilines is 1. The molecule has 1 aliphatic rings. The minimum atomic E-state index is -0.0151. The number of nitrogens with one attached hydrogen (secondary N) is 2. The molecule has 1 aliphatic carbocycles. The molecule has 0 saturated heterocycles. The summed E-state index contributed by atoms with van der Waals surface area (Å²) in [5.74, 6) is 2.03. The second kappa shape index (κ2) is 10.0. The first-order valence-electron chi connectivity index (χ1n) is 12.7. The maximum atomic E-state index is 12.4. The number of rotatable bonds is 9. The SMILES string of the molecule is CC(C)CNc1nc(-c2ccc(OC(C)C)cc2)cn2c(-c3ccc(C(=O)NC4CC4)cc3)cnc12. The molecule has 4 aromatic rings. The van der Waals surface area contributed by atoms with E-state index >= 15 is 0 Å². The van der Waals surface area contributed by atoms with E-state index in [1.54, 1.807) is 0 Å². The molecule has 1 saturated carbocycles. The summed E-state index contributed by atoms with van der Waals surface area (Å²) in [5.41, 5.74) is 5.19. The van der Waals surface area contributed by atoms with Crippen LogP contribution in [0.5, 0.6) is 5.75 Å². The molecule has 2 aromatic carbocycles. The first-order chi connectivity index (χ1) is 17.4. The van der Waals surface area contributed by atoms with E-state index in [0.29, 0.717) is 17.5 Å². The standard InChI is InChI=1S/C29H33N5O2/c1-18(2)15-30-27-28-31-16-26(21-5-7-22(8-6-21)29(35)32-23-11-12-23)34(28)17-25(33-27)20-9-13-24(14-10-20)36-19(3)4/h5-10,13-14,16-19,23H,11-12,15H2,1-4H3,(H,30,33)(H,32,35). The smallest absolute Gasteiger partial charge is 0.251 e. The van der Waals surface area contributed by atoms with Gasteiger partial charge in [0.15, 0.2) is 11.5 Å². The van der Waals surface area contributed by atoms with Crippen molar-refractivity contribution in [3.8, 4) is 28.3 Å². The van der Waals surface area contributed by atoms with Crippen molar-refractivity contribution < 1.29 is 9.53 Å². The van der Waals surface area contributed by atoms with E-state index in [9.17, 15) is 4.79 Å². The van der Waals surface area contributed by atoms with Crippen molar-refractivity contribution >= 4 is 17.4 Å². The highest BCUT2D eigenvalue weighted by atomic mass is 16.5. The summed E-state index contributed by atoms with van der Waals surface area (Å²) in [5, 5.41) is 6.52. The zero-order valence-corrected chi connectivity index (χ0v) is 21.3. The molecule has 2 aromatic heterocycles. The van der Waals surface area contributed by atoms with Crippen LogP contribution in [0.25, 0.3) is 28.2 Å². The number of amides is 1. The third kappa shape index (κ3) is 5.35. The van der Waals surface area contributed by atoms with Gasteiger partial charge >= 0.3 is 0 Å². The normalized spacial score (nSPS) is 13.4. The lowest BCUT2D eigenvalue weighted by atomic mass is 10.1. The molecule has 0 radical (unpaired) electrons.